The van der Waals surface area contributed by atoms with E-state index in [1.807, 2.05) is 0 Å². The van der Waals surface area contributed by atoms with Gasteiger partial charge in [0.1, 0.15) is 17.3 Å². The van der Waals surface area contributed by atoms with Crippen molar-refractivity contribution in [2.24, 2.45) is 5.92 Å². The van der Waals surface area contributed by atoms with Gasteiger partial charge in [0, 0.05) is 6.20 Å². The van der Waals surface area contributed by atoms with Gasteiger partial charge in [0.05, 0.1) is 18.1 Å². The number of hydrogen-bond acceptors (Lipinski definition) is 6. The number of aliphatic carboxylic acids is 1. The summed E-state index contributed by atoms with van der Waals surface area (Å²) in [5.41, 5.74) is 1.05. The number of aliphatic hydroxyl groups is 1. The summed E-state index contributed by atoms with van der Waals surface area (Å²) in [5.74, 6) is -1.56. The smallest absolute Gasteiger partial charge is 0.418 e. The molecule has 1 saturated heterocycles. The number of β-lactam (4-membered cyclic amide) rings is 1. The molecule has 4 rings (SSSR count). The Labute approximate surface area is 171 Å². The third kappa shape index (κ3) is 3.39. The Morgan fingerprint density at radius 3 is 2.57 bits per heavy atom. The molecule has 2 aliphatic heterocycles. The van der Waals surface area contributed by atoms with Crippen LogP contribution < -0.4 is 10.1 Å². The predicted octanol–water partition coefficient (Wildman–Crippen LogP) is 2.10. The van der Waals surface area contributed by atoms with Gasteiger partial charge in [0.15, 0.2) is 0 Å². The van der Waals surface area contributed by atoms with Gasteiger partial charge < -0.3 is 19.8 Å². The summed E-state index contributed by atoms with van der Waals surface area (Å²) in [6.07, 6.45) is 0.322. The predicted molar refractivity (Wildman–Crippen MR) is 105 cm³/mol. The molecule has 2 aliphatic rings. The fourth-order valence-electron chi connectivity index (χ4n) is 3.93. The van der Waals surface area contributed by atoms with E-state index in [4.69, 9.17) is 4.74 Å². The molecule has 0 unspecified atom stereocenters. The maximum absolute atomic E-state index is 12.3. The molecule has 0 radical (unpaired) electrons. The maximum Gasteiger partial charge on any atom is 0.418 e. The molecule has 3 heterocycles. The van der Waals surface area contributed by atoms with E-state index in [0.29, 0.717) is 23.4 Å². The first-order valence-corrected chi connectivity index (χ1v) is 9.34. The van der Waals surface area contributed by atoms with Crippen molar-refractivity contribution in [1.82, 2.24) is 9.88 Å². The largest absolute Gasteiger partial charge is 0.477 e. The second kappa shape index (κ2) is 7.60. The number of carbonyl (C=O) groups excluding carboxylic acids is 2. The standard InChI is InChI=1S/C21H19N3O6/c1-11(25)17-15-10-14(18(20(27)28)24(15)19(17)26)12-5-7-13(8-6-12)30-21(29)23-16-4-2-3-9-22-16/h2-9,11,15,17,25H,10H2,1H3,(H,27,28)(H,22,23,29)/t11-,15-,17-/m1/s1. The van der Waals surface area contributed by atoms with E-state index in [0.717, 1.165) is 0 Å². The van der Waals surface area contributed by atoms with Crippen molar-refractivity contribution < 1.29 is 29.3 Å². The minimum absolute atomic E-state index is 0.0662. The number of nitrogens with zero attached hydrogens (tertiary/aromatic N) is 2. The lowest BCUT2D eigenvalue weighted by atomic mass is 9.82. The summed E-state index contributed by atoms with van der Waals surface area (Å²) in [6, 6.07) is 11.1. The number of rotatable bonds is 5. The Bertz CT molecular complexity index is 1030. The van der Waals surface area contributed by atoms with E-state index in [9.17, 15) is 24.6 Å². The van der Waals surface area contributed by atoms with Crippen LogP contribution >= 0.6 is 0 Å². The summed E-state index contributed by atoms with van der Waals surface area (Å²) in [7, 11) is 0. The molecule has 0 bridgehead atoms. The molecule has 1 aromatic carbocycles. The van der Waals surface area contributed by atoms with Gasteiger partial charge in [0.25, 0.3) is 0 Å². The number of fused-ring (bicyclic) bond motifs is 1. The van der Waals surface area contributed by atoms with Gasteiger partial charge in [-0.2, -0.15) is 0 Å². The molecular formula is C21H19N3O6. The Hall–Kier alpha value is -3.72. The minimum Gasteiger partial charge on any atom is -0.477 e. The number of hydrogen-bond donors (Lipinski definition) is 3. The molecular weight excluding hydrogens is 390 g/mol. The van der Waals surface area contributed by atoms with Crippen molar-refractivity contribution in [3.8, 4) is 5.75 Å². The number of carboxylic acids is 1. The highest BCUT2D eigenvalue weighted by atomic mass is 16.6. The van der Waals surface area contributed by atoms with Gasteiger partial charge >= 0.3 is 12.1 Å². The van der Waals surface area contributed by atoms with Crippen molar-refractivity contribution in [1.29, 1.82) is 0 Å². The number of carbonyl (C=O) groups is 3. The van der Waals surface area contributed by atoms with Gasteiger partial charge in [-0.15, -0.1) is 0 Å². The zero-order chi connectivity index (χ0) is 21.4. The zero-order valence-corrected chi connectivity index (χ0v) is 16.0. The number of aromatic nitrogens is 1. The lowest BCUT2D eigenvalue weighted by Gasteiger charge is -2.44. The normalized spacial score (nSPS) is 21.0. The number of ether oxygens (including phenoxy) is 1. The van der Waals surface area contributed by atoms with Gasteiger partial charge in [-0.05, 0) is 48.7 Å². The minimum atomic E-state index is -1.19. The Kier molecular flexibility index (Phi) is 4.96. The van der Waals surface area contributed by atoms with Crippen LogP contribution in [0.1, 0.15) is 18.9 Å². The van der Waals surface area contributed by atoms with Crippen LogP contribution in [0.2, 0.25) is 0 Å². The lowest BCUT2D eigenvalue weighted by Crippen LogP contribution is -2.61. The second-order valence-corrected chi connectivity index (χ2v) is 7.13. The number of pyridine rings is 1. The first-order valence-electron chi connectivity index (χ1n) is 9.34. The first kappa shape index (κ1) is 19.6. The molecule has 30 heavy (non-hydrogen) atoms. The number of nitrogens with one attached hydrogen (secondary N) is 1. The third-order valence-corrected chi connectivity index (χ3v) is 5.24. The van der Waals surface area contributed by atoms with Crippen LogP contribution in [0.4, 0.5) is 10.6 Å². The van der Waals surface area contributed by atoms with Crippen LogP contribution in [-0.2, 0) is 9.59 Å². The number of benzene rings is 1. The highest BCUT2D eigenvalue weighted by Crippen LogP contribution is 2.47. The molecule has 0 aliphatic carbocycles. The molecule has 154 valence electrons. The molecule has 1 fully saturated rings. The maximum atomic E-state index is 12.3. The zero-order valence-electron chi connectivity index (χ0n) is 16.0. The SMILES string of the molecule is C[C@@H](O)[C@H]1C(=O)N2C(C(=O)O)=C(c3ccc(OC(=O)Nc4ccccn4)cc3)C[C@H]12. The van der Waals surface area contributed by atoms with Crippen molar-refractivity contribution >= 4 is 29.4 Å². The fraction of sp³-hybridized carbons (Fsp3) is 0.238. The number of amides is 2. The van der Waals surface area contributed by atoms with Crippen LogP contribution in [0.25, 0.3) is 5.57 Å². The van der Waals surface area contributed by atoms with E-state index < -0.39 is 24.1 Å². The Morgan fingerprint density at radius 1 is 1.23 bits per heavy atom. The molecule has 2 aromatic rings. The van der Waals surface area contributed by atoms with Crippen molar-refractivity contribution in [2.75, 3.05) is 5.32 Å². The van der Waals surface area contributed by atoms with E-state index in [1.165, 1.54) is 18.0 Å². The van der Waals surface area contributed by atoms with Crippen LogP contribution in [-0.4, -0.2) is 50.2 Å². The monoisotopic (exact) mass is 409 g/mol. The quantitative estimate of drug-likeness (QED) is 0.645. The highest BCUT2D eigenvalue weighted by molar-refractivity contribution is 6.06. The topological polar surface area (TPSA) is 129 Å². The van der Waals surface area contributed by atoms with Crippen molar-refractivity contribution in [3.63, 3.8) is 0 Å². The van der Waals surface area contributed by atoms with Gasteiger partial charge in [-0.3, -0.25) is 10.1 Å². The number of aliphatic hydroxyl groups excluding tert-OH is 1. The molecule has 9 nitrogen and oxygen atoms in total. The van der Waals surface area contributed by atoms with Crippen LogP contribution in [0.3, 0.4) is 0 Å². The molecule has 1 aromatic heterocycles. The molecule has 3 atom stereocenters. The third-order valence-electron chi connectivity index (χ3n) is 5.24. The first-order chi connectivity index (χ1) is 14.4. The van der Waals surface area contributed by atoms with Crippen LogP contribution in [0.15, 0.2) is 54.4 Å². The van der Waals surface area contributed by atoms with Gasteiger partial charge in [0.2, 0.25) is 5.91 Å². The summed E-state index contributed by atoms with van der Waals surface area (Å²) in [6.45, 7) is 1.53. The van der Waals surface area contributed by atoms with Crippen molar-refractivity contribution in [3.05, 3.63) is 59.9 Å². The Morgan fingerprint density at radius 2 is 1.97 bits per heavy atom. The summed E-state index contributed by atoms with van der Waals surface area (Å²) >= 11 is 0. The molecule has 9 heteroatoms. The second-order valence-electron chi connectivity index (χ2n) is 7.13. The van der Waals surface area contributed by atoms with Crippen LogP contribution in [0, 0.1) is 5.92 Å². The molecule has 3 N–H and O–H groups in total. The number of carboxylic acid groups (broad SMARTS) is 1. The summed E-state index contributed by atoms with van der Waals surface area (Å²) in [5, 5.41) is 21.9. The molecule has 2 amide bonds. The van der Waals surface area contributed by atoms with Gasteiger partial charge in [-0.1, -0.05) is 18.2 Å². The lowest BCUT2D eigenvalue weighted by molar-refractivity contribution is -0.161. The number of anilines is 1. The fourth-order valence-corrected chi connectivity index (χ4v) is 3.93. The average molecular weight is 409 g/mol. The van der Waals surface area contributed by atoms with Crippen LogP contribution in [0.5, 0.6) is 5.75 Å². The van der Waals surface area contributed by atoms with E-state index in [2.05, 4.69) is 10.3 Å². The van der Waals surface area contributed by atoms with Gasteiger partial charge in [-0.25, -0.2) is 14.6 Å². The molecule has 0 saturated carbocycles. The Balaban J connectivity index is 1.50. The van der Waals surface area contributed by atoms with E-state index in [1.54, 1.807) is 42.5 Å². The highest BCUT2D eigenvalue weighted by Gasteiger charge is 2.56. The van der Waals surface area contributed by atoms with Crippen molar-refractivity contribution in [2.45, 2.75) is 25.5 Å². The van der Waals surface area contributed by atoms with E-state index >= 15 is 0 Å². The molecule has 0 spiro atoms. The average Bonchev–Trinajstić information content (AvgIpc) is 3.04. The summed E-state index contributed by atoms with van der Waals surface area (Å²) in [4.78, 5) is 41.3. The van der Waals surface area contributed by atoms with E-state index in [-0.39, 0.29) is 23.4 Å². The summed E-state index contributed by atoms with van der Waals surface area (Å²) < 4.78 is 5.21.